The van der Waals surface area contributed by atoms with Gasteiger partial charge in [0, 0.05) is 23.9 Å². The van der Waals surface area contributed by atoms with Crippen LogP contribution in [0.1, 0.15) is 42.2 Å². The van der Waals surface area contributed by atoms with E-state index in [4.69, 9.17) is 0 Å². The van der Waals surface area contributed by atoms with Crippen LogP contribution in [0, 0.1) is 0 Å². The molecule has 0 aliphatic heterocycles. The maximum atomic E-state index is 11.7. The highest BCUT2D eigenvalue weighted by molar-refractivity contribution is 7.09. The number of amides is 1. The Kier molecular flexibility index (Phi) is 4.89. The largest absolute Gasteiger partial charge is 0.349 e. The highest BCUT2D eigenvalue weighted by atomic mass is 32.1. The molecule has 1 rings (SSSR count). The van der Waals surface area contributed by atoms with Crippen molar-refractivity contribution < 1.29 is 4.79 Å². The topological polar surface area (TPSA) is 54.0 Å². The summed E-state index contributed by atoms with van der Waals surface area (Å²) in [5.41, 5.74) is 0.525. The molecule has 0 saturated heterocycles. The first kappa shape index (κ1) is 13.1. The number of thiazole rings is 1. The van der Waals surface area contributed by atoms with Crippen molar-refractivity contribution in [1.82, 2.24) is 15.6 Å². The van der Waals surface area contributed by atoms with Gasteiger partial charge in [0.05, 0.1) is 5.01 Å². The van der Waals surface area contributed by atoms with Crippen LogP contribution in [0.3, 0.4) is 0 Å². The van der Waals surface area contributed by atoms with Gasteiger partial charge in [-0.15, -0.1) is 11.3 Å². The standard InChI is InChI=1S/C11H19N3OS/c1-7(2)11-14-9(6-16-11)10(15)13-5-8(3)12-4/h6-8,12H,5H2,1-4H3,(H,13,15). The van der Waals surface area contributed by atoms with Crippen molar-refractivity contribution >= 4 is 17.2 Å². The van der Waals surface area contributed by atoms with E-state index in [1.54, 1.807) is 0 Å². The minimum absolute atomic E-state index is 0.0924. The lowest BCUT2D eigenvalue weighted by Gasteiger charge is -2.10. The fourth-order valence-corrected chi connectivity index (χ4v) is 1.91. The van der Waals surface area contributed by atoms with E-state index in [2.05, 4.69) is 29.5 Å². The van der Waals surface area contributed by atoms with Crippen molar-refractivity contribution in [2.24, 2.45) is 0 Å². The minimum Gasteiger partial charge on any atom is -0.349 e. The Morgan fingerprint density at radius 1 is 1.50 bits per heavy atom. The fraction of sp³-hybridized carbons (Fsp3) is 0.636. The summed E-state index contributed by atoms with van der Waals surface area (Å²) in [6.07, 6.45) is 0. The van der Waals surface area contributed by atoms with Gasteiger partial charge in [0.25, 0.3) is 5.91 Å². The van der Waals surface area contributed by atoms with E-state index in [-0.39, 0.29) is 11.9 Å². The molecule has 0 radical (unpaired) electrons. The summed E-state index contributed by atoms with van der Waals surface area (Å²) in [7, 11) is 1.87. The summed E-state index contributed by atoms with van der Waals surface area (Å²) >= 11 is 1.54. The van der Waals surface area contributed by atoms with E-state index < -0.39 is 0 Å². The second kappa shape index (κ2) is 5.96. The Morgan fingerprint density at radius 3 is 2.69 bits per heavy atom. The summed E-state index contributed by atoms with van der Waals surface area (Å²) in [6.45, 7) is 6.78. The Bertz CT molecular complexity index is 349. The number of hydrogen-bond acceptors (Lipinski definition) is 4. The summed E-state index contributed by atoms with van der Waals surface area (Å²) in [5, 5.41) is 8.73. The van der Waals surface area contributed by atoms with Crippen molar-refractivity contribution in [3.63, 3.8) is 0 Å². The number of aromatic nitrogens is 1. The smallest absolute Gasteiger partial charge is 0.270 e. The predicted molar refractivity (Wildman–Crippen MR) is 67.1 cm³/mol. The number of nitrogens with zero attached hydrogens (tertiary/aromatic N) is 1. The predicted octanol–water partition coefficient (Wildman–Crippen LogP) is 1.60. The molecule has 2 N–H and O–H groups in total. The Balaban J connectivity index is 2.53. The molecular weight excluding hydrogens is 222 g/mol. The third kappa shape index (κ3) is 3.57. The molecule has 1 aromatic rings. The second-order valence-corrected chi connectivity index (χ2v) is 5.02. The van der Waals surface area contributed by atoms with E-state index >= 15 is 0 Å². The summed E-state index contributed by atoms with van der Waals surface area (Å²) in [6, 6.07) is 0.271. The van der Waals surface area contributed by atoms with Crippen molar-refractivity contribution in [2.45, 2.75) is 32.7 Å². The van der Waals surface area contributed by atoms with Crippen molar-refractivity contribution in [1.29, 1.82) is 0 Å². The van der Waals surface area contributed by atoms with E-state index in [1.807, 2.05) is 19.4 Å². The Labute approximate surface area is 100 Å². The van der Waals surface area contributed by atoms with Gasteiger partial charge in [-0.2, -0.15) is 0 Å². The molecule has 0 bridgehead atoms. The molecule has 4 nitrogen and oxygen atoms in total. The summed E-state index contributed by atoms with van der Waals surface area (Å²) < 4.78 is 0. The Morgan fingerprint density at radius 2 is 2.19 bits per heavy atom. The molecule has 1 amide bonds. The van der Waals surface area contributed by atoms with Gasteiger partial charge in [-0.05, 0) is 14.0 Å². The van der Waals surface area contributed by atoms with Gasteiger partial charge in [-0.3, -0.25) is 4.79 Å². The van der Waals surface area contributed by atoms with Crippen LogP contribution in [0.5, 0.6) is 0 Å². The van der Waals surface area contributed by atoms with Crippen LogP contribution in [0.15, 0.2) is 5.38 Å². The van der Waals surface area contributed by atoms with Crippen LogP contribution < -0.4 is 10.6 Å². The number of hydrogen-bond donors (Lipinski definition) is 2. The van der Waals surface area contributed by atoms with Gasteiger partial charge in [-0.1, -0.05) is 13.8 Å². The SMILES string of the molecule is CNC(C)CNC(=O)c1csc(C(C)C)n1. The fourth-order valence-electron chi connectivity index (χ4n) is 1.10. The molecular formula is C11H19N3OS. The molecule has 0 aliphatic rings. The van der Waals surface area contributed by atoms with Crippen LogP contribution in [0.4, 0.5) is 0 Å². The highest BCUT2D eigenvalue weighted by Gasteiger charge is 2.12. The molecule has 0 aromatic carbocycles. The number of carbonyl (C=O) groups is 1. The van der Waals surface area contributed by atoms with Crippen molar-refractivity contribution in [3.8, 4) is 0 Å². The number of likely N-dealkylation sites (N-methyl/N-ethyl adjacent to an activating group) is 1. The molecule has 1 aromatic heterocycles. The van der Waals surface area contributed by atoms with E-state index in [9.17, 15) is 4.79 Å². The quantitative estimate of drug-likeness (QED) is 0.823. The lowest BCUT2D eigenvalue weighted by atomic mass is 10.2. The second-order valence-electron chi connectivity index (χ2n) is 4.13. The van der Waals surface area contributed by atoms with Crippen LogP contribution in [0.25, 0.3) is 0 Å². The van der Waals surface area contributed by atoms with Crippen LogP contribution in [0.2, 0.25) is 0 Å². The first-order valence-corrected chi connectivity index (χ1v) is 6.33. The van der Waals surface area contributed by atoms with Crippen LogP contribution in [-0.2, 0) is 0 Å². The lowest BCUT2D eigenvalue weighted by Crippen LogP contribution is -2.37. The van der Waals surface area contributed by atoms with Gasteiger partial charge in [0.2, 0.25) is 0 Å². The maximum Gasteiger partial charge on any atom is 0.270 e. The van der Waals surface area contributed by atoms with Gasteiger partial charge in [0.15, 0.2) is 0 Å². The first-order chi connectivity index (χ1) is 7.54. The summed E-state index contributed by atoms with van der Waals surface area (Å²) in [5.74, 6) is 0.285. The molecule has 0 saturated carbocycles. The third-order valence-electron chi connectivity index (χ3n) is 2.31. The molecule has 1 unspecified atom stereocenters. The zero-order valence-corrected chi connectivity index (χ0v) is 11.0. The normalized spacial score (nSPS) is 12.8. The van der Waals surface area contributed by atoms with Crippen LogP contribution >= 0.6 is 11.3 Å². The number of carbonyl (C=O) groups excluding carboxylic acids is 1. The molecule has 1 atom stereocenters. The zero-order valence-electron chi connectivity index (χ0n) is 10.2. The Hall–Kier alpha value is -0.940. The monoisotopic (exact) mass is 241 g/mol. The van der Waals surface area contributed by atoms with Gasteiger partial charge in [-0.25, -0.2) is 4.98 Å². The highest BCUT2D eigenvalue weighted by Crippen LogP contribution is 2.18. The molecule has 90 valence electrons. The minimum atomic E-state index is -0.0924. The molecule has 16 heavy (non-hydrogen) atoms. The third-order valence-corrected chi connectivity index (χ3v) is 3.46. The molecule has 0 fully saturated rings. The van der Waals surface area contributed by atoms with Crippen LogP contribution in [-0.4, -0.2) is 30.5 Å². The molecule has 1 heterocycles. The molecule has 0 spiro atoms. The average Bonchev–Trinajstić information content (AvgIpc) is 2.74. The summed E-state index contributed by atoms with van der Waals surface area (Å²) in [4.78, 5) is 16.0. The van der Waals surface area contributed by atoms with Gasteiger partial charge >= 0.3 is 0 Å². The molecule has 5 heteroatoms. The zero-order chi connectivity index (χ0) is 12.1. The van der Waals surface area contributed by atoms with E-state index in [0.717, 1.165) is 5.01 Å². The number of nitrogens with one attached hydrogen (secondary N) is 2. The van der Waals surface area contributed by atoms with E-state index in [1.165, 1.54) is 11.3 Å². The van der Waals surface area contributed by atoms with Crippen molar-refractivity contribution in [3.05, 3.63) is 16.1 Å². The van der Waals surface area contributed by atoms with E-state index in [0.29, 0.717) is 18.2 Å². The molecule has 0 aliphatic carbocycles. The van der Waals surface area contributed by atoms with Gasteiger partial charge < -0.3 is 10.6 Å². The lowest BCUT2D eigenvalue weighted by molar-refractivity contribution is 0.0946. The van der Waals surface area contributed by atoms with Gasteiger partial charge in [0.1, 0.15) is 5.69 Å². The first-order valence-electron chi connectivity index (χ1n) is 5.45. The number of rotatable bonds is 5. The van der Waals surface area contributed by atoms with Crippen molar-refractivity contribution in [2.75, 3.05) is 13.6 Å². The maximum absolute atomic E-state index is 11.7. The average molecular weight is 241 g/mol.